The van der Waals surface area contributed by atoms with Gasteiger partial charge >= 0.3 is 0 Å². The zero-order chi connectivity index (χ0) is 11.4. The molecule has 0 spiro atoms. The van der Waals surface area contributed by atoms with Gasteiger partial charge in [0.2, 0.25) is 0 Å². The van der Waals surface area contributed by atoms with Crippen molar-refractivity contribution in [3.63, 3.8) is 0 Å². The third-order valence-corrected chi connectivity index (χ3v) is 4.22. The molecule has 2 fully saturated rings. The molecule has 16 heavy (non-hydrogen) atoms. The van der Waals surface area contributed by atoms with E-state index in [1.807, 2.05) is 0 Å². The SMILES string of the molecule is CNCC1(CCOCCOC)CC2CC2C1. The van der Waals surface area contributed by atoms with Crippen LogP contribution in [-0.2, 0) is 9.47 Å². The Bertz CT molecular complexity index is 210. The van der Waals surface area contributed by atoms with Crippen LogP contribution in [0.2, 0.25) is 0 Å². The van der Waals surface area contributed by atoms with Crippen LogP contribution in [0.3, 0.4) is 0 Å². The molecule has 2 saturated carbocycles. The highest BCUT2D eigenvalue weighted by molar-refractivity contribution is 5.03. The zero-order valence-electron chi connectivity index (χ0n) is 10.6. The third kappa shape index (κ3) is 2.96. The molecule has 0 radical (unpaired) electrons. The molecule has 1 N–H and O–H groups in total. The molecule has 0 aromatic heterocycles. The highest BCUT2D eigenvalue weighted by atomic mass is 16.5. The van der Waals surface area contributed by atoms with Crippen molar-refractivity contribution in [1.82, 2.24) is 5.32 Å². The van der Waals surface area contributed by atoms with E-state index in [1.165, 1.54) is 25.7 Å². The lowest BCUT2D eigenvalue weighted by Gasteiger charge is -2.30. The Morgan fingerprint density at radius 1 is 1.19 bits per heavy atom. The van der Waals surface area contributed by atoms with E-state index >= 15 is 0 Å². The Balaban J connectivity index is 1.67. The Labute approximate surface area is 98.9 Å². The Morgan fingerprint density at radius 2 is 1.94 bits per heavy atom. The second-order valence-electron chi connectivity index (χ2n) is 5.55. The van der Waals surface area contributed by atoms with Gasteiger partial charge < -0.3 is 14.8 Å². The van der Waals surface area contributed by atoms with Gasteiger partial charge in [0.1, 0.15) is 0 Å². The third-order valence-electron chi connectivity index (χ3n) is 4.22. The fourth-order valence-electron chi connectivity index (χ4n) is 3.35. The maximum atomic E-state index is 5.60. The number of methoxy groups -OCH3 is 1. The summed E-state index contributed by atoms with van der Waals surface area (Å²) in [4.78, 5) is 0. The predicted octanol–water partition coefficient (Wildman–Crippen LogP) is 1.68. The molecule has 3 heteroatoms. The lowest BCUT2D eigenvalue weighted by atomic mass is 9.80. The van der Waals surface area contributed by atoms with Gasteiger partial charge in [0, 0.05) is 20.3 Å². The average Bonchev–Trinajstić information content (AvgIpc) is 2.88. The summed E-state index contributed by atoms with van der Waals surface area (Å²) >= 11 is 0. The number of fused-ring (bicyclic) bond motifs is 1. The molecule has 0 aromatic carbocycles. The van der Waals surface area contributed by atoms with E-state index in [0.29, 0.717) is 12.0 Å². The van der Waals surface area contributed by atoms with E-state index in [9.17, 15) is 0 Å². The van der Waals surface area contributed by atoms with Gasteiger partial charge in [0.25, 0.3) is 0 Å². The van der Waals surface area contributed by atoms with Gasteiger partial charge in [-0.15, -0.1) is 0 Å². The molecule has 2 atom stereocenters. The molecular formula is C13H25NO2. The summed E-state index contributed by atoms with van der Waals surface area (Å²) in [5.41, 5.74) is 0.537. The van der Waals surface area contributed by atoms with Crippen molar-refractivity contribution in [1.29, 1.82) is 0 Å². The van der Waals surface area contributed by atoms with Crippen LogP contribution in [0.5, 0.6) is 0 Å². The summed E-state index contributed by atoms with van der Waals surface area (Å²) in [6.45, 7) is 3.50. The minimum absolute atomic E-state index is 0.537. The van der Waals surface area contributed by atoms with E-state index in [2.05, 4.69) is 12.4 Å². The van der Waals surface area contributed by atoms with Gasteiger partial charge in [-0.3, -0.25) is 0 Å². The van der Waals surface area contributed by atoms with Crippen molar-refractivity contribution < 1.29 is 9.47 Å². The molecule has 0 amide bonds. The monoisotopic (exact) mass is 227 g/mol. The van der Waals surface area contributed by atoms with Crippen molar-refractivity contribution in [2.45, 2.75) is 25.7 Å². The van der Waals surface area contributed by atoms with Gasteiger partial charge in [-0.2, -0.15) is 0 Å². The van der Waals surface area contributed by atoms with Crippen molar-refractivity contribution in [2.24, 2.45) is 17.3 Å². The predicted molar refractivity (Wildman–Crippen MR) is 64.5 cm³/mol. The second-order valence-corrected chi connectivity index (χ2v) is 5.55. The van der Waals surface area contributed by atoms with E-state index in [1.54, 1.807) is 7.11 Å². The molecule has 0 saturated heterocycles. The van der Waals surface area contributed by atoms with E-state index in [0.717, 1.165) is 31.6 Å². The van der Waals surface area contributed by atoms with Crippen LogP contribution in [0.1, 0.15) is 25.7 Å². The molecule has 0 heterocycles. The van der Waals surface area contributed by atoms with Crippen LogP contribution >= 0.6 is 0 Å². The van der Waals surface area contributed by atoms with Gasteiger partial charge in [0.15, 0.2) is 0 Å². The fourth-order valence-corrected chi connectivity index (χ4v) is 3.35. The molecule has 2 rings (SSSR count). The summed E-state index contributed by atoms with van der Waals surface area (Å²) in [7, 11) is 3.79. The molecule has 0 aromatic rings. The minimum Gasteiger partial charge on any atom is -0.382 e. The highest BCUT2D eigenvalue weighted by Gasteiger charge is 2.52. The summed E-state index contributed by atoms with van der Waals surface area (Å²) in [5.74, 6) is 2.10. The number of ether oxygens (including phenoxy) is 2. The molecule has 3 nitrogen and oxygen atoms in total. The maximum absolute atomic E-state index is 5.60. The Hall–Kier alpha value is -0.120. The fraction of sp³-hybridized carbons (Fsp3) is 1.00. The minimum atomic E-state index is 0.537. The van der Waals surface area contributed by atoms with E-state index in [-0.39, 0.29) is 0 Å². The first-order valence-electron chi connectivity index (χ1n) is 6.51. The van der Waals surface area contributed by atoms with E-state index in [4.69, 9.17) is 9.47 Å². The standard InChI is InChI=1S/C13H25NO2/c1-14-10-13(3-4-16-6-5-15-2)8-11-7-12(11)9-13/h11-12,14H,3-10H2,1-2H3. The zero-order valence-corrected chi connectivity index (χ0v) is 10.6. The number of nitrogens with one attached hydrogen (secondary N) is 1. The largest absolute Gasteiger partial charge is 0.382 e. The maximum Gasteiger partial charge on any atom is 0.0700 e. The lowest BCUT2D eigenvalue weighted by molar-refractivity contribution is 0.0495. The van der Waals surface area contributed by atoms with Crippen molar-refractivity contribution >= 4 is 0 Å². The topological polar surface area (TPSA) is 30.5 Å². The molecule has 0 bridgehead atoms. The number of hydrogen-bond acceptors (Lipinski definition) is 3. The van der Waals surface area contributed by atoms with E-state index < -0.39 is 0 Å². The summed E-state index contributed by atoms with van der Waals surface area (Å²) in [6, 6.07) is 0. The lowest BCUT2D eigenvalue weighted by Crippen LogP contribution is -2.32. The molecule has 2 aliphatic rings. The van der Waals surface area contributed by atoms with Gasteiger partial charge in [-0.05, 0) is 50.0 Å². The Morgan fingerprint density at radius 3 is 2.56 bits per heavy atom. The average molecular weight is 227 g/mol. The van der Waals surface area contributed by atoms with Crippen LogP contribution in [-0.4, -0.2) is 40.5 Å². The normalized spacial score (nSPS) is 36.4. The smallest absolute Gasteiger partial charge is 0.0700 e. The molecule has 94 valence electrons. The quantitative estimate of drug-likeness (QED) is 0.640. The first-order valence-corrected chi connectivity index (χ1v) is 6.51. The Kier molecular flexibility index (Phi) is 4.22. The highest BCUT2D eigenvalue weighted by Crippen LogP contribution is 2.60. The second kappa shape index (κ2) is 5.48. The first-order chi connectivity index (χ1) is 7.79. The molecule has 0 aliphatic heterocycles. The summed E-state index contributed by atoms with van der Waals surface area (Å²) in [5, 5.41) is 3.36. The molecular weight excluding hydrogens is 202 g/mol. The van der Waals surface area contributed by atoms with Crippen molar-refractivity contribution in [3.8, 4) is 0 Å². The van der Waals surface area contributed by atoms with Crippen LogP contribution < -0.4 is 5.32 Å². The number of hydrogen-bond donors (Lipinski definition) is 1. The van der Waals surface area contributed by atoms with Gasteiger partial charge in [0.05, 0.1) is 13.2 Å². The van der Waals surface area contributed by atoms with Crippen LogP contribution in [0.25, 0.3) is 0 Å². The van der Waals surface area contributed by atoms with Crippen LogP contribution in [0.4, 0.5) is 0 Å². The summed E-state index contributed by atoms with van der Waals surface area (Å²) in [6.07, 6.45) is 5.55. The van der Waals surface area contributed by atoms with Crippen molar-refractivity contribution in [2.75, 3.05) is 40.5 Å². The summed E-state index contributed by atoms with van der Waals surface area (Å²) < 4.78 is 10.6. The molecule has 2 aliphatic carbocycles. The van der Waals surface area contributed by atoms with Crippen LogP contribution in [0, 0.1) is 17.3 Å². The van der Waals surface area contributed by atoms with Crippen LogP contribution in [0.15, 0.2) is 0 Å². The molecule has 2 unspecified atom stereocenters. The van der Waals surface area contributed by atoms with Crippen molar-refractivity contribution in [3.05, 3.63) is 0 Å². The van der Waals surface area contributed by atoms with Gasteiger partial charge in [-0.1, -0.05) is 0 Å². The van der Waals surface area contributed by atoms with Gasteiger partial charge in [-0.25, -0.2) is 0 Å². The first kappa shape index (κ1) is 12.3. The number of rotatable bonds is 8.